The minimum atomic E-state index is -0.974. The van der Waals surface area contributed by atoms with Gasteiger partial charge in [-0.1, -0.05) is 12.1 Å². The fourth-order valence-corrected chi connectivity index (χ4v) is 1.40. The van der Waals surface area contributed by atoms with Crippen molar-refractivity contribution in [3.8, 4) is 6.07 Å². The number of nitrogens with one attached hydrogen (secondary N) is 1. The van der Waals surface area contributed by atoms with E-state index in [1.165, 1.54) is 5.56 Å². The van der Waals surface area contributed by atoms with E-state index in [4.69, 9.17) is 10.4 Å². The molecule has 0 bridgehead atoms. The lowest BCUT2D eigenvalue weighted by atomic mass is 10.1. The summed E-state index contributed by atoms with van der Waals surface area (Å²) in [6.07, 6.45) is 1.70. The van der Waals surface area contributed by atoms with E-state index in [2.05, 4.69) is 11.4 Å². The monoisotopic (exact) mass is 218 g/mol. The summed E-state index contributed by atoms with van der Waals surface area (Å²) in [5.41, 5.74) is 1.84. The number of hydrogen-bond acceptors (Lipinski definition) is 2. The number of benzene rings is 1. The van der Waals surface area contributed by atoms with Crippen LogP contribution >= 0.6 is 0 Å². The highest BCUT2D eigenvalue weighted by Crippen LogP contribution is 2.06. The first kappa shape index (κ1) is 12.1. The summed E-state index contributed by atoms with van der Waals surface area (Å²) in [6, 6.07) is 9.53. The summed E-state index contributed by atoms with van der Waals surface area (Å²) in [5, 5.41) is 19.3. The van der Waals surface area contributed by atoms with Crippen LogP contribution in [0.1, 0.15) is 24.0 Å². The number of unbranched alkanes of at least 4 members (excludes halogenated alkanes) is 1. The molecular formula is C12H14N2O2. The van der Waals surface area contributed by atoms with Crippen molar-refractivity contribution >= 4 is 6.09 Å². The third-order valence-electron chi connectivity index (χ3n) is 2.25. The second-order valence-electron chi connectivity index (χ2n) is 3.50. The van der Waals surface area contributed by atoms with Crippen LogP contribution in [0.3, 0.4) is 0 Å². The molecule has 0 saturated heterocycles. The highest BCUT2D eigenvalue weighted by Gasteiger charge is 1.96. The van der Waals surface area contributed by atoms with Gasteiger partial charge >= 0.3 is 6.09 Å². The molecule has 1 amide bonds. The first-order valence-corrected chi connectivity index (χ1v) is 5.18. The van der Waals surface area contributed by atoms with Gasteiger partial charge in [-0.05, 0) is 37.0 Å². The van der Waals surface area contributed by atoms with Crippen LogP contribution in [0, 0.1) is 11.3 Å². The van der Waals surface area contributed by atoms with Crippen LogP contribution < -0.4 is 5.32 Å². The van der Waals surface area contributed by atoms with E-state index in [1.807, 2.05) is 12.1 Å². The van der Waals surface area contributed by atoms with Crippen LogP contribution in [0.15, 0.2) is 24.3 Å². The van der Waals surface area contributed by atoms with Gasteiger partial charge < -0.3 is 10.4 Å². The van der Waals surface area contributed by atoms with E-state index in [0.717, 1.165) is 19.3 Å². The van der Waals surface area contributed by atoms with Gasteiger partial charge in [0.05, 0.1) is 11.6 Å². The normalized spacial score (nSPS) is 9.44. The fourth-order valence-electron chi connectivity index (χ4n) is 1.40. The zero-order chi connectivity index (χ0) is 11.8. The average Bonchev–Trinajstić information content (AvgIpc) is 2.29. The maximum atomic E-state index is 10.2. The van der Waals surface area contributed by atoms with E-state index < -0.39 is 6.09 Å². The molecule has 0 spiro atoms. The molecule has 84 valence electrons. The van der Waals surface area contributed by atoms with E-state index in [9.17, 15) is 4.79 Å². The number of hydrogen-bond donors (Lipinski definition) is 2. The lowest BCUT2D eigenvalue weighted by Crippen LogP contribution is -2.21. The first-order valence-electron chi connectivity index (χ1n) is 5.18. The first-order chi connectivity index (χ1) is 7.72. The third kappa shape index (κ3) is 4.47. The van der Waals surface area contributed by atoms with Gasteiger partial charge in [-0.2, -0.15) is 5.26 Å². The van der Waals surface area contributed by atoms with Gasteiger partial charge in [-0.3, -0.25) is 0 Å². The van der Waals surface area contributed by atoms with Gasteiger partial charge in [0.15, 0.2) is 0 Å². The van der Waals surface area contributed by atoms with Crippen LogP contribution in [-0.2, 0) is 6.42 Å². The SMILES string of the molecule is N#Cc1ccc(CCCCNC(=O)O)cc1. The molecule has 4 nitrogen and oxygen atoms in total. The van der Waals surface area contributed by atoms with Gasteiger partial charge in [0.1, 0.15) is 0 Å². The summed E-state index contributed by atoms with van der Waals surface area (Å²) in [4.78, 5) is 10.2. The Morgan fingerprint density at radius 2 is 2.00 bits per heavy atom. The number of nitriles is 1. The molecule has 1 rings (SSSR count). The standard InChI is InChI=1S/C12H14N2O2/c13-9-11-6-4-10(5-7-11)3-1-2-8-14-12(15)16/h4-7,14H,1-3,8H2,(H,15,16). The molecule has 0 heterocycles. The van der Waals surface area contributed by atoms with Crippen molar-refractivity contribution in [1.82, 2.24) is 5.32 Å². The zero-order valence-electron chi connectivity index (χ0n) is 8.94. The van der Waals surface area contributed by atoms with Crippen molar-refractivity contribution in [2.75, 3.05) is 6.54 Å². The molecule has 1 aromatic carbocycles. The summed E-state index contributed by atoms with van der Waals surface area (Å²) < 4.78 is 0. The molecule has 0 unspecified atom stereocenters. The van der Waals surface area contributed by atoms with Crippen LogP contribution in [0.4, 0.5) is 4.79 Å². The second kappa shape index (κ2) is 6.46. The minimum Gasteiger partial charge on any atom is -0.465 e. The summed E-state index contributed by atoms with van der Waals surface area (Å²) >= 11 is 0. The maximum absolute atomic E-state index is 10.2. The predicted octanol–water partition coefficient (Wildman–Crippen LogP) is 2.15. The Hall–Kier alpha value is -2.02. The fraction of sp³-hybridized carbons (Fsp3) is 0.333. The van der Waals surface area contributed by atoms with E-state index >= 15 is 0 Å². The van der Waals surface area contributed by atoms with E-state index in [1.54, 1.807) is 12.1 Å². The van der Waals surface area contributed by atoms with Crippen molar-refractivity contribution < 1.29 is 9.90 Å². The number of carboxylic acid groups (broad SMARTS) is 1. The lowest BCUT2D eigenvalue weighted by molar-refractivity contribution is 0.194. The molecule has 0 atom stereocenters. The number of carbonyl (C=O) groups is 1. The molecule has 2 N–H and O–H groups in total. The van der Waals surface area contributed by atoms with Gasteiger partial charge in [0.25, 0.3) is 0 Å². The third-order valence-corrected chi connectivity index (χ3v) is 2.25. The molecule has 1 aromatic rings. The Bertz CT molecular complexity index is 379. The lowest BCUT2D eigenvalue weighted by Gasteiger charge is -2.02. The zero-order valence-corrected chi connectivity index (χ0v) is 8.94. The van der Waals surface area contributed by atoms with E-state index in [0.29, 0.717) is 12.1 Å². The summed E-state index contributed by atoms with van der Waals surface area (Å²) in [5.74, 6) is 0. The van der Waals surface area contributed by atoms with Crippen molar-refractivity contribution in [3.05, 3.63) is 35.4 Å². The number of nitrogens with zero attached hydrogens (tertiary/aromatic N) is 1. The van der Waals surface area contributed by atoms with Crippen LogP contribution in [-0.4, -0.2) is 17.7 Å². The predicted molar refractivity (Wildman–Crippen MR) is 60.1 cm³/mol. The molecule has 0 aliphatic heterocycles. The molecule has 0 fully saturated rings. The Morgan fingerprint density at radius 3 is 2.56 bits per heavy atom. The molecule has 0 aromatic heterocycles. The van der Waals surface area contributed by atoms with Gasteiger partial charge in [0.2, 0.25) is 0 Å². The Labute approximate surface area is 94.5 Å². The van der Waals surface area contributed by atoms with Crippen LogP contribution in [0.5, 0.6) is 0 Å². The molecular weight excluding hydrogens is 204 g/mol. The number of rotatable bonds is 5. The number of amides is 1. The summed E-state index contributed by atoms with van der Waals surface area (Å²) in [7, 11) is 0. The topological polar surface area (TPSA) is 73.1 Å². The Balaban J connectivity index is 2.22. The smallest absolute Gasteiger partial charge is 0.404 e. The largest absolute Gasteiger partial charge is 0.465 e. The molecule has 0 aliphatic carbocycles. The highest BCUT2D eigenvalue weighted by molar-refractivity contribution is 5.64. The molecule has 4 heteroatoms. The quantitative estimate of drug-likeness (QED) is 0.744. The number of aryl methyl sites for hydroxylation is 1. The van der Waals surface area contributed by atoms with Crippen molar-refractivity contribution in [3.63, 3.8) is 0 Å². The van der Waals surface area contributed by atoms with Crippen molar-refractivity contribution in [1.29, 1.82) is 5.26 Å². The molecule has 16 heavy (non-hydrogen) atoms. The van der Waals surface area contributed by atoms with Gasteiger partial charge in [-0.25, -0.2) is 4.79 Å². The Morgan fingerprint density at radius 1 is 1.31 bits per heavy atom. The maximum Gasteiger partial charge on any atom is 0.404 e. The van der Waals surface area contributed by atoms with Gasteiger partial charge in [0, 0.05) is 6.54 Å². The minimum absolute atomic E-state index is 0.492. The summed E-state index contributed by atoms with van der Waals surface area (Å²) in [6.45, 7) is 0.492. The average molecular weight is 218 g/mol. The van der Waals surface area contributed by atoms with Crippen molar-refractivity contribution in [2.45, 2.75) is 19.3 Å². The molecule has 0 radical (unpaired) electrons. The van der Waals surface area contributed by atoms with Crippen LogP contribution in [0.25, 0.3) is 0 Å². The second-order valence-corrected chi connectivity index (χ2v) is 3.50. The molecule has 0 aliphatic rings. The van der Waals surface area contributed by atoms with Crippen LogP contribution in [0.2, 0.25) is 0 Å². The molecule has 0 saturated carbocycles. The van der Waals surface area contributed by atoms with E-state index in [-0.39, 0.29) is 0 Å². The van der Waals surface area contributed by atoms with Crippen molar-refractivity contribution in [2.24, 2.45) is 0 Å². The Kier molecular flexibility index (Phi) is 4.87. The highest BCUT2D eigenvalue weighted by atomic mass is 16.4. The van der Waals surface area contributed by atoms with Gasteiger partial charge in [-0.15, -0.1) is 0 Å².